The molecule has 1 unspecified atom stereocenters. The van der Waals surface area contributed by atoms with Crippen LogP contribution < -0.4 is 4.74 Å². The van der Waals surface area contributed by atoms with Crippen molar-refractivity contribution in [3.63, 3.8) is 0 Å². The second-order valence-corrected chi connectivity index (χ2v) is 9.18. The molecule has 1 N–H and O–H groups in total. The Morgan fingerprint density at radius 3 is 2.09 bits per heavy atom. The summed E-state index contributed by atoms with van der Waals surface area (Å²) in [5.41, 5.74) is 1.76. The third-order valence-electron chi connectivity index (χ3n) is 5.20. The Bertz CT molecular complexity index is 1130. The van der Waals surface area contributed by atoms with E-state index >= 15 is 0 Å². The Labute approximate surface area is 189 Å². The zero-order chi connectivity index (χ0) is 23.1. The van der Waals surface area contributed by atoms with Crippen LogP contribution in [0.1, 0.15) is 47.8 Å². The molecule has 1 atom stereocenters. The van der Waals surface area contributed by atoms with Crippen LogP contribution in [0.3, 0.4) is 0 Å². The molecule has 0 saturated heterocycles. The normalized spacial score (nSPS) is 12.5. The lowest BCUT2D eigenvalue weighted by atomic mass is 10.0. The molecule has 0 saturated carbocycles. The van der Waals surface area contributed by atoms with E-state index in [-0.39, 0.29) is 23.0 Å². The summed E-state index contributed by atoms with van der Waals surface area (Å²) < 4.78 is 34.4. The molecule has 0 bridgehead atoms. The molecular formula is C25H27NO5S. The SMILES string of the molecule is CCOc1ccc(S(=O)(=O)N(Cc2ccc(C(=O)O)cc2)C(CC)c2ccccc2)cc1. The lowest BCUT2D eigenvalue weighted by molar-refractivity contribution is 0.0697. The molecule has 0 aliphatic heterocycles. The molecule has 0 aromatic heterocycles. The van der Waals surface area contributed by atoms with Crippen LogP contribution in [0.4, 0.5) is 0 Å². The average molecular weight is 454 g/mol. The van der Waals surface area contributed by atoms with Gasteiger partial charge in [0.1, 0.15) is 5.75 Å². The van der Waals surface area contributed by atoms with Crippen molar-refractivity contribution in [2.45, 2.75) is 37.8 Å². The first kappa shape index (κ1) is 23.5. The quantitative estimate of drug-likeness (QED) is 0.460. The molecule has 0 amide bonds. The highest BCUT2D eigenvalue weighted by Gasteiger charge is 2.32. The van der Waals surface area contributed by atoms with E-state index in [2.05, 4.69) is 0 Å². The van der Waals surface area contributed by atoms with Crippen LogP contribution >= 0.6 is 0 Å². The number of rotatable bonds is 10. The Balaban J connectivity index is 2.03. The molecule has 0 heterocycles. The Morgan fingerprint density at radius 1 is 0.938 bits per heavy atom. The first-order chi connectivity index (χ1) is 15.4. The fourth-order valence-electron chi connectivity index (χ4n) is 3.59. The topological polar surface area (TPSA) is 83.9 Å². The number of hydrogen-bond acceptors (Lipinski definition) is 4. The summed E-state index contributed by atoms with van der Waals surface area (Å²) >= 11 is 0. The first-order valence-corrected chi connectivity index (χ1v) is 11.9. The van der Waals surface area contributed by atoms with Crippen LogP contribution in [0, 0.1) is 0 Å². The van der Waals surface area contributed by atoms with Gasteiger partial charge in [-0.25, -0.2) is 13.2 Å². The van der Waals surface area contributed by atoms with E-state index in [1.54, 1.807) is 36.4 Å². The summed E-state index contributed by atoms with van der Waals surface area (Å²) in [6, 6.07) is 21.8. The molecule has 0 aliphatic rings. The van der Waals surface area contributed by atoms with Crippen molar-refractivity contribution in [3.8, 4) is 5.75 Å². The highest BCUT2D eigenvalue weighted by molar-refractivity contribution is 7.89. The van der Waals surface area contributed by atoms with Gasteiger partial charge < -0.3 is 9.84 Å². The Hall–Kier alpha value is -3.16. The third-order valence-corrected chi connectivity index (χ3v) is 7.07. The molecule has 0 aliphatic carbocycles. The van der Waals surface area contributed by atoms with Crippen molar-refractivity contribution in [2.75, 3.05) is 6.61 Å². The number of nitrogens with zero attached hydrogens (tertiary/aromatic N) is 1. The van der Waals surface area contributed by atoms with Crippen molar-refractivity contribution in [1.82, 2.24) is 4.31 Å². The minimum Gasteiger partial charge on any atom is -0.494 e. The summed E-state index contributed by atoms with van der Waals surface area (Å²) in [4.78, 5) is 11.4. The Kier molecular flexibility index (Phi) is 7.66. The molecule has 7 heteroatoms. The van der Waals surface area contributed by atoms with E-state index in [1.807, 2.05) is 44.2 Å². The number of carboxylic acid groups (broad SMARTS) is 1. The largest absolute Gasteiger partial charge is 0.494 e. The molecule has 3 aromatic rings. The number of ether oxygens (including phenoxy) is 1. The Morgan fingerprint density at radius 2 is 1.56 bits per heavy atom. The molecule has 3 aromatic carbocycles. The standard InChI is InChI=1S/C25H27NO5S/c1-3-24(20-8-6-5-7-9-20)26(18-19-10-12-21(13-11-19)25(27)28)32(29,30)23-16-14-22(15-17-23)31-4-2/h5-17,24H,3-4,18H2,1-2H3,(H,27,28). The van der Waals surface area contributed by atoms with Crippen molar-refractivity contribution < 1.29 is 23.1 Å². The smallest absolute Gasteiger partial charge is 0.335 e. The van der Waals surface area contributed by atoms with E-state index in [0.717, 1.165) is 5.56 Å². The fourth-order valence-corrected chi connectivity index (χ4v) is 5.26. The number of carboxylic acids is 1. The molecular weight excluding hydrogens is 426 g/mol. The van der Waals surface area contributed by atoms with Gasteiger partial charge in [0.25, 0.3) is 0 Å². The van der Waals surface area contributed by atoms with Gasteiger partial charge in [-0.2, -0.15) is 4.31 Å². The van der Waals surface area contributed by atoms with Crippen LogP contribution in [-0.2, 0) is 16.6 Å². The van der Waals surface area contributed by atoms with Crippen LogP contribution in [0.5, 0.6) is 5.75 Å². The molecule has 0 radical (unpaired) electrons. The molecule has 3 rings (SSSR count). The zero-order valence-corrected chi connectivity index (χ0v) is 19.0. The van der Waals surface area contributed by atoms with E-state index in [0.29, 0.717) is 24.3 Å². The first-order valence-electron chi connectivity index (χ1n) is 10.5. The van der Waals surface area contributed by atoms with Gasteiger partial charge in [-0.15, -0.1) is 0 Å². The summed E-state index contributed by atoms with van der Waals surface area (Å²) in [5.74, 6) is -0.413. The predicted molar refractivity (Wildman–Crippen MR) is 123 cm³/mol. The van der Waals surface area contributed by atoms with Gasteiger partial charge in [0.2, 0.25) is 10.0 Å². The minimum atomic E-state index is -3.86. The number of sulfonamides is 1. The van der Waals surface area contributed by atoms with E-state index in [9.17, 15) is 13.2 Å². The molecule has 32 heavy (non-hydrogen) atoms. The average Bonchev–Trinajstić information content (AvgIpc) is 2.80. The number of carbonyl (C=O) groups is 1. The zero-order valence-electron chi connectivity index (χ0n) is 18.1. The van der Waals surface area contributed by atoms with Gasteiger partial charge >= 0.3 is 5.97 Å². The maximum atomic E-state index is 13.7. The van der Waals surface area contributed by atoms with Crippen molar-refractivity contribution >= 4 is 16.0 Å². The molecule has 6 nitrogen and oxygen atoms in total. The van der Waals surface area contributed by atoms with E-state index in [4.69, 9.17) is 9.84 Å². The number of hydrogen-bond donors (Lipinski definition) is 1. The summed E-state index contributed by atoms with van der Waals surface area (Å²) in [5, 5.41) is 9.15. The van der Waals surface area contributed by atoms with Crippen LogP contribution in [0.25, 0.3) is 0 Å². The van der Waals surface area contributed by atoms with Gasteiger partial charge in [0.05, 0.1) is 23.1 Å². The van der Waals surface area contributed by atoms with Gasteiger partial charge in [-0.3, -0.25) is 0 Å². The van der Waals surface area contributed by atoms with Crippen LogP contribution in [-0.4, -0.2) is 30.4 Å². The van der Waals surface area contributed by atoms with Gasteiger partial charge in [-0.1, -0.05) is 49.4 Å². The van der Waals surface area contributed by atoms with E-state index in [1.165, 1.54) is 16.4 Å². The highest BCUT2D eigenvalue weighted by Crippen LogP contribution is 2.32. The van der Waals surface area contributed by atoms with Crippen LogP contribution in [0.2, 0.25) is 0 Å². The monoisotopic (exact) mass is 453 g/mol. The van der Waals surface area contributed by atoms with Gasteiger partial charge in [0, 0.05) is 6.54 Å². The van der Waals surface area contributed by atoms with Gasteiger partial charge in [-0.05, 0) is 60.9 Å². The lowest BCUT2D eigenvalue weighted by Crippen LogP contribution is -2.34. The second kappa shape index (κ2) is 10.4. The van der Waals surface area contributed by atoms with Crippen molar-refractivity contribution in [1.29, 1.82) is 0 Å². The minimum absolute atomic E-state index is 0.114. The summed E-state index contributed by atoms with van der Waals surface area (Å²) in [7, 11) is -3.86. The second-order valence-electron chi connectivity index (χ2n) is 7.29. The highest BCUT2D eigenvalue weighted by atomic mass is 32.2. The molecule has 0 fully saturated rings. The fraction of sp³-hybridized carbons (Fsp3) is 0.240. The summed E-state index contributed by atoms with van der Waals surface area (Å²) in [6.45, 7) is 4.43. The van der Waals surface area contributed by atoms with Gasteiger partial charge in [0.15, 0.2) is 0 Å². The third kappa shape index (κ3) is 5.36. The van der Waals surface area contributed by atoms with Crippen molar-refractivity contribution in [2.24, 2.45) is 0 Å². The number of benzene rings is 3. The maximum Gasteiger partial charge on any atom is 0.335 e. The van der Waals surface area contributed by atoms with Crippen molar-refractivity contribution in [3.05, 3.63) is 95.6 Å². The van der Waals surface area contributed by atoms with Crippen LogP contribution in [0.15, 0.2) is 83.8 Å². The lowest BCUT2D eigenvalue weighted by Gasteiger charge is -2.31. The van der Waals surface area contributed by atoms with E-state index < -0.39 is 16.0 Å². The summed E-state index contributed by atoms with van der Waals surface area (Å²) in [6.07, 6.45) is 0.577. The maximum absolute atomic E-state index is 13.7. The molecule has 0 spiro atoms. The predicted octanol–water partition coefficient (Wildman–Crippen LogP) is 5.13. The molecule has 168 valence electrons. The number of aromatic carboxylic acids is 1.